The van der Waals surface area contributed by atoms with E-state index in [2.05, 4.69) is 21.7 Å². The van der Waals surface area contributed by atoms with E-state index in [1.54, 1.807) is 20.3 Å². The second-order valence-corrected chi connectivity index (χ2v) is 5.24. The maximum Gasteiger partial charge on any atom is 0.287 e. The summed E-state index contributed by atoms with van der Waals surface area (Å²) < 4.78 is 20.4. The number of pyridine rings is 2. The predicted octanol–water partition coefficient (Wildman–Crippen LogP) is 3.93. The van der Waals surface area contributed by atoms with E-state index in [0.29, 0.717) is 23.2 Å². The standard InChI is InChI=1S/C10H15NO2.C9H10N2O2/c1-5-8-9(12-3)6-7(2)11-10(8)13-4;1-6-5-7(12-3)8(10-2)9(11-6)13-4/h6H,5H2,1-4H3;5H,1,3-4H3. The van der Waals surface area contributed by atoms with Crippen molar-refractivity contribution in [3.8, 4) is 23.3 Å². The normalized spacial score (nSPS) is 9.46. The fourth-order valence-electron chi connectivity index (χ4n) is 2.33. The Hall–Kier alpha value is -3.01. The Kier molecular flexibility index (Phi) is 8.16. The molecule has 0 aliphatic heterocycles. The van der Waals surface area contributed by atoms with Gasteiger partial charge in [-0.25, -0.2) is 14.8 Å². The first-order valence-electron chi connectivity index (χ1n) is 8.01. The maximum absolute atomic E-state index is 6.93. The van der Waals surface area contributed by atoms with Gasteiger partial charge >= 0.3 is 0 Å². The Morgan fingerprint density at radius 1 is 0.846 bits per heavy atom. The van der Waals surface area contributed by atoms with Crippen LogP contribution < -0.4 is 18.9 Å². The van der Waals surface area contributed by atoms with Gasteiger partial charge in [-0.05, 0) is 26.3 Å². The molecule has 0 aromatic carbocycles. The highest BCUT2D eigenvalue weighted by atomic mass is 16.5. The molecule has 0 spiro atoms. The van der Waals surface area contributed by atoms with Crippen molar-refractivity contribution in [3.05, 3.63) is 40.5 Å². The third-order valence-corrected chi connectivity index (χ3v) is 3.52. The fourth-order valence-corrected chi connectivity index (χ4v) is 2.33. The smallest absolute Gasteiger partial charge is 0.287 e. The van der Waals surface area contributed by atoms with Gasteiger partial charge in [-0.15, -0.1) is 0 Å². The molecule has 0 N–H and O–H groups in total. The van der Waals surface area contributed by atoms with Gasteiger partial charge < -0.3 is 18.9 Å². The third kappa shape index (κ3) is 4.99. The quantitative estimate of drug-likeness (QED) is 0.754. The zero-order chi connectivity index (χ0) is 19.7. The summed E-state index contributed by atoms with van der Waals surface area (Å²) in [6, 6.07) is 3.62. The molecule has 26 heavy (non-hydrogen) atoms. The molecule has 2 aromatic heterocycles. The van der Waals surface area contributed by atoms with Crippen LogP contribution in [0.25, 0.3) is 4.85 Å². The van der Waals surface area contributed by atoms with Crippen molar-refractivity contribution in [2.24, 2.45) is 0 Å². The molecule has 0 bridgehead atoms. The summed E-state index contributed by atoms with van der Waals surface area (Å²) in [5.41, 5.74) is 3.01. The molecule has 0 saturated carbocycles. The summed E-state index contributed by atoms with van der Waals surface area (Å²) in [6.07, 6.45) is 0.861. The summed E-state index contributed by atoms with van der Waals surface area (Å²) >= 11 is 0. The van der Waals surface area contributed by atoms with Crippen LogP contribution in [-0.4, -0.2) is 38.4 Å². The number of aromatic nitrogens is 2. The van der Waals surface area contributed by atoms with Gasteiger partial charge in [0.2, 0.25) is 11.8 Å². The highest BCUT2D eigenvalue weighted by Crippen LogP contribution is 2.35. The van der Waals surface area contributed by atoms with E-state index < -0.39 is 0 Å². The molecule has 0 fully saturated rings. The minimum Gasteiger partial charge on any atom is -0.508 e. The van der Waals surface area contributed by atoms with Crippen molar-refractivity contribution in [2.75, 3.05) is 28.4 Å². The van der Waals surface area contributed by atoms with Crippen LogP contribution in [0, 0.1) is 20.4 Å². The first kappa shape index (κ1) is 21.0. The molecule has 0 aliphatic rings. The van der Waals surface area contributed by atoms with Crippen LogP contribution in [0.4, 0.5) is 5.69 Å². The molecule has 7 nitrogen and oxygen atoms in total. The van der Waals surface area contributed by atoms with Gasteiger partial charge in [-0.3, -0.25) is 0 Å². The van der Waals surface area contributed by atoms with Crippen molar-refractivity contribution in [3.63, 3.8) is 0 Å². The maximum atomic E-state index is 6.93. The Bertz CT molecular complexity index is 735. The molecule has 2 heterocycles. The van der Waals surface area contributed by atoms with E-state index in [-0.39, 0.29) is 0 Å². The van der Waals surface area contributed by atoms with E-state index in [9.17, 15) is 0 Å². The Morgan fingerprint density at radius 3 is 1.77 bits per heavy atom. The average molecular weight is 359 g/mol. The van der Waals surface area contributed by atoms with Crippen LogP contribution >= 0.6 is 0 Å². The lowest BCUT2D eigenvalue weighted by Crippen LogP contribution is -1.99. The number of nitrogens with zero attached hydrogens (tertiary/aromatic N) is 3. The van der Waals surface area contributed by atoms with Gasteiger partial charge in [0.25, 0.3) is 5.69 Å². The molecule has 0 unspecified atom stereocenters. The van der Waals surface area contributed by atoms with E-state index in [1.165, 1.54) is 14.2 Å². The fraction of sp³-hybridized carbons (Fsp3) is 0.421. The van der Waals surface area contributed by atoms with Crippen LogP contribution in [0.3, 0.4) is 0 Å². The zero-order valence-electron chi connectivity index (χ0n) is 16.3. The van der Waals surface area contributed by atoms with Crippen LogP contribution in [0.15, 0.2) is 12.1 Å². The molecule has 2 rings (SSSR count). The minimum absolute atomic E-state index is 0.312. The summed E-state index contributed by atoms with van der Waals surface area (Å²) in [5.74, 6) is 2.33. The molecular formula is C19H25N3O4. The van der Waals surface area contributed by atoms with Gasteiger partial charge in [-0.2, -0.15) is 0 Å². The van der Waals surface area contributed by atoms with Crippen LogP contribution in [0.1, 0.15) is 23.9 Å². The van der Waals surface area contributed by atoms with Crippen LogP contribution in [0.2, 0.25) is 0 Å². The molecule has 0 radical (unpaired) electrons. The van der Waals surface area contributed by atoms with Crippen LogP contribution in [0.5, 0.6) is 23.3 Å². The van der Waals surface area contributed by atoms with Crippen molar-refractivity contribution in [1.82, 2.24) is 9.97 Å². The Labute approximate surface area is 154 Å². The third-order valence-electron chi connectivity index (χ3n) is 3.52. The molecule has 0 amide bonds. The number of methoxy groups -OCH3 is 4. The monoisotopic (exact) mass is 359 g/mol. The first-order chi connectivity index (χ1) is 12.4. The molecule has 0 atom stereocenters. The summed E-state index contributed by atoms with van der Waals surface area (Å²) in [4.78, 5) is 11.6. The van der Waals surface area contributed by atoms with E-state index >= 15 is 0 Å². The van der Waals surface area contributed by atoms with Crippen molar-refractivity contribution < 1.29 is 18.9 Å². The SMILES string of the molecule is CCc1c(OC)cc(C)nc1OC.[C-]#[N+]c1c(OC)cc(C)nc1OC. The molecule has 2 aromatic rings. The number of ether oxygens (including phenoxy) is 4. The number of rotatable bonds is 5. The lowest BCUT2D eigenvalue weighted by molar-refractivity contribution is 0.373. The topological polar surface area (TPSA) is 67.1 Å². The Morgan fingerprint density at radius 2 is 1.35 bits per heavy atom. The second kappa shape index (κ2) is 10.1. The number of hydrogen-bond donors (Lipinski definition) is 0. The number of aryl methyl sites for hydroxylation is 2. The summed E-state index contributed by atoms with van der Waals surface area (Å²) in [6.45, 7) is 12.7. The minimum atomic E-state index is 0.312. The van der Waals surface area contributed by atoms with Gasteiger partial charge in [0.15, 0.2) is 0 Å². The van der Waals surface area contributed by atoms with Gasteiger partial charge in [0.05, 0.1) is 40.6 Å². The molecule has 0 saturated heterocycles. The van der Waals surface area contributed by atoms with Crippen molar-refractivity contribution >= 4 is 5.69 Å². The van der Waals surface area contributed by atoms with Gasteiger partial charge in [0, 0.05) is 17.5 Å². The molecule has 7 heteroatoms. The highest BCUT2D eigenvalue weighted by molar-refractivity contribution is 5.64. The summed E-state index contributed by atoms with van der Waals surface area (Å²) in [7, 11) is 6.28. The van der Waals surface area contributed by atoms with Crippen LogP contribution in [-0.2, 0) is 6.42 Å². The molecule has 140 valence electrons. The van der Waals surface area contributed by atoms with Gasteiger partial charge in [0.1, 0.15) is 11.5 Å². The Balaban J connectivity index is 0.000000260. The molecular weight excluding hydrogens is 334 g/mol. The lowest BCUT2D eigenvalue weighted by atomic mass is 10.2. The zero-order valence-corrected chi connectivity index (χ0v) is 16.3. The summed E-state index contributed by atoms with van der Waals surface area (Å²) in [5, 5.41) is 0. The highest BCUT2D eigenvalue weighted by Gasteiger charge is 2.12. The van der Waals surface area contributed by atoms with Crippen molar-refractivity contribution in [1.29, 1.82) is 0 Å². The average Bonchev–Trinajstić information content (AvgIpc) is 2.66. The van der Waals surface area contributed by atoms with E-state index in [1.807, 2.05) is 19.9 Å². The van der Waals surface area contributed by atoms with Crippen molar-refractivity contribution in [2.45, 2.75) is 27.2 Å². The van der Waals surface area contributed by atoms with E-state index in [0.717, 1.165) is 29.1 Å². The first-order valence-corrected chi connectivity index (χ1v) is 8.01. The predicted molar refractivity (Wildman–Crippen MR) is 99.8 cm³/mol. The molecule has 0 aliphatic carbocycles. The number of hydrogen-bond acceptors (Lipinski definition) is 6. The van der Waals surface area contributed by atoms with E-state index in [4.69, 9.17) is 25.5 Å². The van der Waals surface area contributed by atoms with Gasteiger partial charge in [-0.1, -0.05) is 6.92 Å². The largest absolute Gasteiger partial charge is 0.508 e. The second-order valence-electron chi connectivity index (χ2n) is 5.24. The lowest BCUT2D eigenvalue weighted by Gasteiger charge is -2.11.